The second kappa shape index (κ2) is 6.89. The second-order valence-electron chi connectivity index (χ2n) is 5.10. The van der Waals surface area contributed by atoms with Crippen LogP contribution in [-0.4, -0.2) is 32.5 Å². The summed E-state index contributed by atoms with van der Waals surface area (Å²) in [6, 6.07) is 11.6. The summed E-state index contributed by atoms with van der Waals surface area (Å²) in [6.45, 7) is 3.02. The monoisotopic (exact) mass is 371 g/mol. The van der Waals surface area contributed by atoms with Crippen molar-refractivity contribution < 1.29 is 25.9 Å². The lowest BCUT2D eigenvalue weighted by atomic mass is 10.2. The summed E-state index contributed by atoms with van der Waals surface area (Å²) >= 11 is 0. The molecule has 0 atom stereocenters. The fourth-order valence-electron chi connectivity index (χ4n) is 2.20. The van der Waals surface area contributed by atoms with Gasteiger partial charge in [-0.25, -0.2) is 0 Å². The van der Waals surface area contributed by atoms with E-state index in [1.54, 1.807) is 24.3 Å². The van der Waals surface area contributed by atoms with E-state index < -0.39 is 20.2 Å². The minimum Gasteiger partial charge on any atom is -0.367 e. The lowest BCUT2D eigenvalue weighted by Crippen LogP contribution is -2.22. The fraction of sp³-hybridized carbons (Fsp3) is 0.200. The van der Waals surface area contributed by atoms with Gasteiger partial charge in [0.2, 0.25) is 0 Å². The largest absolute Gasteiger partial charge is 0.367 e. The third kappa shape index (κ3) is 4.54. The van der Waals surface area contributed by atoms with Crippen LogP contribution < -0.4 is 4.90 Å². The standard InChI is InChI=1S/C15H17NO6S2/c1-2-16(13-5-9-15(10-6-13)24(20,21)22)11-12-3-7-14(8-4-12)23(17,18)19/h3-10H,2,11H2,1H3,(H,17,18,19)(H,20,21,22). The van der Waals surface area contributed by atoms with Crippen molar-refractivity contribution in [1.82, 2.24) is 0 Å². The molecule has 0 bridgehead atoms. The highest BCUT2D eigenvalue weighted by atomic mass is 32.2. The molecule has 2 aromatic rings. The van der Waals surface area contributed by atoms with Crippen molar-refractivity contribution in [2.45, 2.75) is 23.3 Å². The predicted octanol–water partition coefficient (Wildman–Crippen LogP) is 2.21. The summed E-state index contributed by atoms with van der Waals surface area (Å²) in [6.07, 6.45) is 0. The first-order valence-corrected chi connectivity index (χ1v) is 9.88. The number of hydrogen-bond donors (Lipinski definition) is 2. The highest BCUT2D eigenvalue weighted by Crippen LogP contribution is 2.20. The zero-order chi connectivity index (χ0) is 18.0. The lowest BCUT2D eigenvalue weighted by Gasteiger charge is -2.23. The first-order chi connectivity index (χ1) is 11.1. The van der Waals surface area contributed by atoms with Crippen molar-refractivity contribution in [3.05, 3.63) is 54.1 Å². The van der Waals surface area contributed by atoms with E-state index in [9.17, 15) is 16.8 Å². The Morgan fingerprint density at radius 1 is 0.792 bits per heavy atom. The van der Waals surface area contributed by atoms with Crippen molar-refractivity contribution >= 4 is 25.9 Å². The minimum absolute atomic E-state index is 0.174. The van der Waals surface area contributed by atoms with Crippen LogP contribution in [0.2, 0.25) is 0 Å². The number of benzene rings is 2. The van der Waals surface area contributed by atoms with Crippen molar-refractivity contribution in [2.24, 2.45) is 0 Å². The number of hydrogen-bond acceptors (Lipinski definition) is 5. The van der Waals surface area contributed by atoms with Crippen LogP contribution in [0.1, 0.15) is 12.5 Å². The van der Waals surface area contributed by atoms with Crippen LogP contribution in [-0.2, 0) is 26.8 Å². The quantitative estimate of drug-likeness (QED) is 0.749. The lowest BCUT2D eigenvalue weighted by molar-refractivity contribution is 0.481. The van der Waals surface area contributed by atoms with Gasteiger partial charge in [-0.3, -0.25) is 9.11 Å². The Morgan fingerprint density at radius 3 is 1.58 bits per heavy atom. The van der Waals surface area contributed by atoms with E-state index >= 15 is 0 Å². The molecule has 2 N–H and O–H groups in total. The summed E-state index contributed by atoms with van der Waals surface area (Å²) in [5.74, 6) is 0. The summed E-state index contributed by atoms with van der Waals surface area (Å²) in [5.41, 5.74) is 1.58. The average molecular weight is 371 g/mol. The minimum atomic E-state index is -4.23. The molecule has 0 aromatic heterocycles. The molecule has 7 nitrogen and oxygen atoms in total. The first kappa shape index (κ1) is 18.4. The van der Waals surface area contributed by atoms with Crippen LogP contribution in [0, 0.1) is 0 Å². The van der Waals surface area contributed by atoms with E-state index in [4.69, 9.17) is 9.11 Å². The Balaban J connectivity index is 2.20. The Hall–Kier alpha value is -1.94. The van der Waals surface area contributed by atoms with Gasteiger partial charge in [-0.2, -0.15) is 16.8 Å². The van der Waals surface area contributed by atoms with Crippen LogP contribution in [0.5, 0.6) is 0 Å². The highest BCUT2D eigenvalue weighted by Gasteiger charge is 2.12. The molecule has 24 heavy (non-hydrogen) atoms. The van der Waals surface area contributed by atoms with Gasteiger partial charge in [-0.15, -0.1) is 0 Å². The SMILES string of the molecule is CCN(Cc1ccc(S(=O)(=O)O)cc1)c1ccc(S(=O)(=O)O)cc1. The van der Waals surface area contributed by atoms with Gasteiger partial charge in [0.05, 0.1) is 9.79 Å². The van der Waals surface area contributed by atoms with Crippen molar-refractivity contribution in [1.29, 1.82) is 0 Å². The first-order valence-electron chi connectivity index (χ1n) is 7.00. The number of anilines is 1. The average Bonchev–Trinajstić information content (AvgIpc) is 2.51. The van der Waals surface area contributed by atoms with Gasteiger partial charge in [0.25, 0.3) is 20.2 Å². The van der Waals surface area contributed by atoms with Crippen molar-refractivity contribution in [3.8, 4) is 0 Å². The third-order valence-electron chi connectivity index (χ3n) is 3.48. The molecule has 0 aliphatic carbocycles. The smallest absolute Gasteiger partial charge is 0.294 e. The van der Waals surface area contributed by atoms with Crippen LogP contribution in [0.4, 0.5) is 5.69 Å². The van der Waals surface area contributed by atoms with Crippen LogP contribution >= 0.6 is 0 Å². The topological polar surface area (TPSA) is 112 Å². The maximum atomic E-state index is 11.1. The normalized spacial score (nSPS) is 12.1. The van der Waals surface area contributed by atoms with Gasteiger partial charge in [0, 0.05) is 18.8 Å². The molecule has 0 aliphatic heterocycles. The summed E-state index contributed by atoms with van der Waals surface area (Å²) in [5, 5.41) is 0. The Morgan fingerprint density at radius 2 is 1.21 bits per heavy atom. The van der Waals surface area contributed by atoms with Crippen LogP contribution in [0.25, 0.3) is 0 Å². The molecule has 0 saturated carbocycles. The predicted molar refractivity (Wildman–Crippen MR) is 89.2 cm³/mol. The maximum absolute atomic E-state index is 11.1. The van der Waals surface area contributed by atoms with Crippen molar-refractivity contribution in [3.63, 3.8) is 0 Å². The molecule has 0 unspecified atom stereocenters. The molecule has 0 saturated heterocycles. The number of nitrogens with zero attached hydrogens (tertiary/aromatic N) is 1. The van der Waals surface area contributed by atoms with Gasteiger partial charge >= 0.3 is 0 Å². The van der Waals surface area contributed by atoms with E-state index in [0.29, 0.717) is 13.1 Å². The second-order valence-corrected chi connectivity index (χ2v) is 7.95. The molecule has 0 spiro atoms. The van der Waals surface area contributed by atoms with E-state index in [-0.39, 0.29) is 9.79 Å². The maximum Gasteiger partial charge on any atom is 0.294 e. The number of rotatable bonds is 6. The zero-order valence-electron chi connectivity index (χ0n) is 12.8. The van der Waals surface area contributed by atoms with Crippen LogP contribution in [0.3, 0.4) is 0 Å². The highest BCUT2D eigenvalue weighted by molar-refractivity contribution is 7.86. The molecule has 0 radical (unpaired) electrons. The Bertz CT molecular complexity index is 903. The molecule has 2 rings (SSSR count). The van der Waals surface area contributed by atoms with Crippen molar-refractivity contribution in [2.75, 3.05) is 11.4 Å². The summed E-state index contributed by atoms with van der Waals surface area (Å²) in [7, 11) is -8.45. The molecule has 0 aliphatic rings. The van der Waals surface area contributed by atoms with E-state index in [1.807, 2.05) is 11.8 Å². The van der Waals surface area contributed by atoms with Gasteiger partial charge in [-0.05, 0) is 48.9 Å². The van der Waals surface area contributed by atoms with E-state index in [0.717, 1.165) is 11.3 Å². The zero-order valence-corrected chi connectivity index (χ0v) is 14.5. The fourth-order valence-corrected chi connectivity index (χ4v) is 3.16. The Kier molecular flexibility index (Phi) is 5.29. The molecule has 9 heteroatoms. The third-order valence-corrected chi connectivity index (χ3v) is 5.21. The van der Waals surface area contributed by atoms with Gasteiger partial charge < -0.3 is 4.90 Å². The van der Waals surface area contributed by atoms with Gasteiger partial charge in [0.1, 0.15) is 0 Å². The Labute approximate surface area is 141 Å². The molecule has 0 heterocycles. The molecule has 2 aromatic carbocycles. The molecular formula is C15H17NO6S2. The molecular weight excluding hydrogens is 354 g/mol. The molecule has 0 amide bonds. The van der Waals surface area contributed by atoms with E-state index in [1.165, 1.54) is 24.3 Å². The van der Waals surface area contributed by atoms with E-state index in [2.05, 4.69) is 0 Å². The van der Waals surface area contributed by atoms with Gasteiger partial charge in [-0.1, -0.05) is 12.1 Å². The summed E-state index contributed by atoms with van der Waals surface area (Å²) < 4.78 is 62.1. The van der Waals surface area contributed by atoms with Gasteiger partial charge in [0.15, 0.2) is 0 Å². The molecule has 130 valence electrons. The van der Waals surface area contributed by atoms with Crippen LogP contribution in [0.15, 0.2) is 58.3 Å². The molecule has 0 fully saturated rings. The summed E-state index contributed by atoms with van der Waals surface area (Å²) in [4.78, 5) is 1.59.